The zero-order chi connectivity index (χ0) is 16.8. The Balaban J connectivity index is 2.24. The van der Waals surface area contributed by atoms with Gasteiger partial charge in [-0.1, -0.05) is 71.6 Å². The van der Waals surface area contributed by atoms with Crippen molar-refractivity contribution < 1.29 is 19.0 Å². The van der Waals surface area contributed by atoms with E-state index in [4.69, 9.17) is 14.2 Å². The summed E-state index contributed by atoms with van der Waals surface area (Å²) >= 11 is 0. The molecule has 0 aromatic heterocycles. The van der Waals surface area contributed by atoms with Crippen LogP contribution in [-0.4, -0.2) is 31.6 Å². The molecular formula is C19H36O4. The first-order chi connectivity index (χ1) is 11.2. The van der Waals surface area contributed by atoms with Crippen LogP contribution in [-0.2, 0) is 19.0 Å². The fourth-order valence-corrected chi connectivity index (χ4v) is 2.82. The molecule has 0 aliphatic carbocycles. The maximum absolute atomic E-state index is 11.3. The van der Waals surface area contributed by atoms with Gasteiger partial charge in [0.15, 0.2) is 5.78 Å². The average molecular weight is 328 g/mol. The number of rotatable bonds is 14. The summed E-state index contributed by atoms with van der Waals surface area (Å²) in [5.74, 6) is -0.974. The van der Waals surface area contributed by atoms with E-state index in [2.05, 4.69) is 13.8 Å². The molecule has 1 saturated heterocycles. The third-order valence-corrected chi connectivity index (χ3v) is 4.31. The smallest absolute Gasteiger partial charge is 0.283 e. The fraction of sp³-hybridized carbons (Fsp3) is 0.947. The largest absolute Gasteiger partial charge is 0.327 e. The SMILES string of the molecule is CCCCCCCCCC1(OCCCCCC)OCC(=O)CO1. The van der Waals surface area contributed by atoms with Crippen LogP contribution in [0.4, 0.5) is 0 Å². The Morgan fingerprint density at radius 3 is 1.96 bits per heavy atom. The number of hydrogen-bond acceptors (Lipinski definition) is 4. The second-order valence-corrected chi connectivity index (χ2v) is 6.58. The predicted octanol–water partition coefficient (Wildman–Crippen LogP) is 4.99. The lowest BCUT2D eigenvalue weighted by molar-refractivity contribution is -0.389. The summed E-state index contributed by atoms with van der Waals surface area (Å²) in [6, 6.07) is 0. The summed E-state index contributed by atoms with van der Waals surface area (Å²) < 4.78 is 17.2. The minimum absolute atomic E-state index is 0.00484. The molecule has 0 bridgehead atoms. The Kier molecular flexibility index (Phi) is 11.6. The van der Waals surface area contributed by atoms with Gasteiger partial charge in [-0.2, -0.15) is 0 Å². The number of carbonyl (C=O) groups is 1. The third kappa shape index (κ3) is 9.43. The number of ether oxygens (including phenoxy) is 3. The van der Waals surface area contributed by atoms with E-state index in [-0.39, 0.29) is 19.0 Å². The topological polar surface area (TPSA) is 44.8 Å². The summed E-state index contributed by atoms with van der Waals surface area (Å²) in [5.41, 5.74) is 0. The van der Waals surface area contributed by atoms with Crippen LogP contribution in [0.3, 0.4) is 0 Å². The van der Waals surface area contributed by atoms with Crippen LogP contribution < -0.4 is 0 Å². The Bertz CT molecular complexity index is 294. The van der Waals surface area contributed by atoms with Gasteiger partial charge in [-0.3, -0.25) is 4.79 Å². The molecule has 0 aromatic carbocycles. The average Bonchev–Trinajstić information content (AvgIpc) is 2.56. The summed E-state index contributed by atoms with van der Waals surface area (Å²) in [6.45, 7) is 5.31. The number of unbranched alkanes of at least 4 members (excludes halogenated alkanes) is 9. The highest BCUT2D eigenvalue weighted by atomic mass is 16.9. The lowest BCUT2D eigenvalue weighted by atomic mass is 10.1. The van der Waals surface area contributed by atoms with Gasteiger partial charge < -0.3 is 14.2 Å². The zero-order valence-electron chi connectivity index (χ0n) is 15.2. The van der Waals surface area contributed by atoms with Crippen molar-refractivity contribution in [2.75, 3.05) is 19.8 Å². The van der Waals surface area contributed by atoms with Gasteiger partial charge in [0.25, 0.3) is 5.97 Å². The van der Waals surface area contributed by atoms with Gasteiger partial charge in [-0.25, -0.2) is 0 Å². The Labute approximate surface area is 142 Å². The molecule has 4 heteroatoms. The van der Waals surface area contributed by atoms with Crippen molar-refractivity contribution in [3.8, 4) is 0 Å². The second kappa shape index (κ2) is 12.9. The van der Waals surface area contributed by atoms with Crippen molar-refractivity contribution in [1.29, 1.82) is 0 Å². The van der Waals surface area contributed by atoms with Crippen LogP contribution in [0, 0.1) is 0 Å². The minimum Gasteiger partial charge on any atom is -0.327 e. The zero-order valence-corrected chi connectivity index (χ0v) is 15.2. The molecule has 0 N–H and O–H groups in total. The molecule has 0 unspecified atom stereocenters. The monoisotopic (exact) mass is 328 g/mol. The molecule has 23 heavy (non-hydrogen) atoms. The first-order valence-electron chi connectivity index (χ1n) is 9.66. The Morgan fingerprint density at radius 2 is 1.35 bits per heavy atom. The highest BCUT2D eigenvalue weighted by Gasteiger charge is 2.37. The standard InChI is InChI=1S/C19H36O4/c1-3-5-7-9-10-11-12-14-19(21-15-13-8-6-4-2)22-16-18(20)17-23-19/h3-17H2,1-2H3. The maximum atomic E-state index is 11.3. The van der Waals surface area contributed by atoms with Crippen LogP contribution in [0.25, 0.3) is 0 Å². The Hall–Kier alpha value is -0.450. The molecule has 136 valence electrons. The lowest BCUT2D eigenvalue weighted by Crippen LogP contribution is -2.47. The van der Waals surface area contributed by atoms with Crippen LogP contribution in [0.1, 0.15) is 90.9 Å². The minimum atomic E-state index is -0.969. The van der Waals surface area contributed by atoms with Gasteiger partial charge in [0.1, 0.15) is 13.2 Å². The van der Waals surface area contributed by atoms with E-state index in [1.54, 1.807) is 0 Å². The van der Waals surface area contributed by atoms with E-state index < -0.39 is 5.97 Å². The van der Waals surface area contributed by atoms with Crippen LogP contribution >= 0.6 is 0 Å². The number of carbonyl (C=O) groups excluding carboxylic acids is 1. The van der Waals surface area contributed by atoms with E-state index in [1.165, 1.54) is 57.8 Å². The van der Waals surface area contributed by atoms with Crippen molar-refractivity contribution in [3.05, 3.63) is 0 Å². The quantitative estimate of drug-likeness (QED) is 0.421. The molecule has 0 amide bonds. The van der Waals surface area contributed by atoms with Crippen LogP contribution in [0.15, 0.2) is 0 Å². The molecule has 1 heterocycles. The highest BCUT2D eigenvalue weighted by molar-refractivity contribution is 5.81. The Morgan fingerprint density at radius 1 is 0.826 bits per heavy atom. The summed E-state index contributed by atoms with van der Waals surface area (Å²) in [4.78, 5) is 11.3. The van der Waals surface area contributed by atoms with Gasteiger partial charge in [0.2, 0.25) is 0 Å². The van der Waals surface area contributed by atoms with Crippen molar-refractivity contribution in [1.82, 2.24) is 0 Å². The van der Waals surface area contributed by atoms with Crippen molar-refractivity contribution in [3.63, 3.8) is 0 Å². The molecule has 1 fully saturated rings. The predicted molar refractivity (Wildman–Crippen MR) is 92.3 cm³/mol. The van der Waals surface area contributed by atoms with E-state index in [0.717, 1.165) is 19.3 Å². The molecule has 1 aliphatic rings. The van der Waals surface area contributed by atoms with Gasteiger partial charge >= 0.3 is 0 Å². The van der Waals surface area contributed by atoms with E-state index in [1.807, 2.05) is 0 Å². The van der Waals surface area contributed by atoms with Gasteiger partial charge in [0, 0.05) is 6.42 Å². The van der Waals surface area contributed by atoms with Crippen molar-refractivity contribution in [2.24, 2.45) is 0 Å². The fourth-order valence-electron chi connectivity index (χ4n) is 2.82. The van der Waals surface area contributed by atoms with Crippen molar-refractivity contribution in [2.45, 2.75) is 96.9 Å². The molecule has 1 rings (SSSR count). The summed E-state index contributed by atoms with van der Waals surface area (Å²) in [5, 5.41) is 0. The number of ketones is 1. The lowest BCUT2D eigenvalue weighted by Gasteiger charge is -2.36. The van der Waals surface area contributed by atoms with Crippen LogP contribution in [0.5, 0.6) is 0 Å². The first kappa shape index (κ1) is 20.6. The normalized spacial score (nSPS) is 17.6. The maximum Gasteiger partial charge on any atom is 0.283 e. The molecule has 1 aliphatic heterocycles. The van der Waals surface area contributed by atoms with E-state index in [0.29, 0.717) is 6.61 Å². The first-order valence-corrected chi connectivity index (χ1v) is 9.66. The van der Waals surface area contributed by atoms with Gasteiger partial charge in [0.05, 0.1) is 6.61 Å². The molecule has 4 nitrogen and oxygen atoms in total. The number of Topliss-reactive ketones (excluding diaryl/α,β-unsaturated/α-hetero) is 1. The van der Waals surface area contributed by atoms with Gasteiger partial charge in [-0.05, 0) is 12.8 Å². The van der Waals surface area contributed by atoms with Crippen molar-refractivity contribution >= 4 is 5.78 Å². The summed E-state index contributed by atoms with van der Waals surface area (Å²) in [6.07, 6.45) is 14.1. The molecule has 0 saturated carbocycles. The molecule has 0 spiro atoms. The number of hydrogen-bond donors (Lipinski definition) is 0. The van der Waals surface area contributed by atoms with E-state index in [9.17, 15) is 4.79 Å². The molecule has 0 radical (unpaired) electrons. The molecular weight excluding hydrogens is 292 g/mol. The van der Waals surface area contributed by atoms with E-state index >= 15 is 0 Å². The second-order valence-electron chi connectivity index (χ2n) is 6.58. The van der Waals surface area contributed by atoms with Gasteiger partial charge in [-0.15, -0.1) is 0 Å². The molecule has 0 atom stereocenters. The third-order valence-electron chi connectivity index (χ3n) is 4.31. The molecule has 0 aromatic rings. The highest BCUT2D eigenvalue weighted by Crippen LogP contribution is 2.27. The summed E-state index contributed by atoms with van der Waals surface area (Å²) in [7, 11) is 0. The van der Waals surface area contributed by atoms with Crippen LogP contribution in [0.2, 0.25) is 0 Å².